The third-order valence-electron chi connectivity index (χ3n) is 4.88. The largest absolute Gasteiger partial charge is 0.350 e. The van der Waals surface area contributed by atoms with Crippen LogP contribution in [0.4, 0.5) is 4.39 Å². The van der Waals surface area contributed by atoms with Gasteiger partial charge in [0.15, 0.2) is 0 Å². The summed E-state index contributed by atoms with van der Waals surface area (Å²) in [6.45, 7) is 4.33. The molecule has 0 radical (unpaired) electrons. The van der Waals surface area contributed by atoms with Gasteiger partial charge in [0.05, 0.1) is 12.6 Å². The van der Waals surface area contributed by atoms with Crippen LogP contribution in [0.3, 0.4) is 0 Å². The molecule has 0 bridgehead atoms. The van der Waals surface area contributed by atoms with Crippen LogP contribution < -0.4 is 10.6 Å². The molecule has 7 nitrogen and oxygen atoms in total. The van der Waals surface area contributed by atoms with Crippen LogP contribution in [-0.4, -0.2) is 52.7 Å². The Balaban J connectivity index is 0.00000300. The lowest BCUT2D eigenvalue weighted by Crippen LogP contribution is -2.40. The normalized spacial score (nSPS) is 16.0. The van der Waals surface area contributed by atoms with Crippen molar-refractivity contribution in [3.05, 3.63) is 53.6 Å². The zero-order valence-corrected chi connectivity index (χ0v) is 17.3. The minimum atomic E-state index is -0.318. The molecule has 0 spiro atoms. The number of benzene rings is 1. The van der Waals surface area contributed by atoms with E-state index >= 15 is 0 Å². The molecular weight excluding hydrogens is 397 g/mol. The van der Waals surface area contributed by atoms with Gasteiger partial charge in [0.1, 0.15) is 11.5 Å². The van der Waals surface area contributed by atoms with E-state index in [1.165, 1.54) is 17.0 Å². The smallest absolute Gasteiger partial charge is 0.274 e. The van der Waals surface area contributed by atoms with Crippen LogP contribution in [-0.2, 0) is 11.3 Å². The first-order valence-corrected chi connectivity index (χ1v) is 9.63. The molecule has 1 aromatic heterocycles. The summed E-state index contributed by atoms with van der Waals surface area (Å²) in [4.78, 5) is 26.4. The fraction of sp³-hybridized carbons (Fsp3) is 0.450. The highest BCUT2D eigenvalue weighted by Gasteiger charge is 2.22. The number of halogens is 2. The molecule has 0 saturated carbocycles. The maximum atomic E-state index is 12.9. The maximum absolute atomic E-state index is 12.9. The van der Waals surface area contributed by atoms with Crippen molar-refractivity contribution < 1.29 is 14.0 Å². The van der Waals surface area contributed by atoms with Gasteiger partial charge in [0.2, 0.25) is 5.91 Å². The van der Waals surface area contributed by atoms with Crippen LogP contribution in [0.15, 0.2) is 36.5 Å². The van der Waals surface area contributed by atoms with Crippen molar-refractivity contribution >= 4 is 24.2 Å². The van der Waals surface area contributed by atoms with Crippen molar-refractivity contribution in [2.75, 3.05) is 26.2 Å². The molecule has 9 heteroatoms. The zero-order chi connectivity index (χ0) is 19.9. The van der Waals surface area contributed by atoms with E-state index in [1.807, 2.05) is 17.8 Å². The molecule has 158 valence electrons. The number of likely N-dealkylation sites (N-methyl/N-ethyl adjacent to an activating group) is 1. The fourth-order valence-corrected chi connectivity index (χ4v) is 3.24. The molecule has 0 aliphatic carbocycles. The van der Waals surface area contributed by atoms with Crippen LogP contribution >= 0.6 is 12.4 Å². The van der Waals surface area contributed by atoms with E-state index in [2.05, 4.69) is 15.7 Å². The minimum Gasteiger partial charge on any atom is -0.350 e. The third kappa shape index (κ3) is 6.27. The molecule has 1 atom stereocenters. The number of piperidine rings is 1. The van der Waals surface area contributed by atoms with Crippen molar-refractivity contribution in [1.29, 1.82) is 0 Å². The molecule has 2 aromatic rings. The summed E-state index contributed by atoms with van der Waals surface area (Å²) < 4.78 is 14.8. The molecule has 29 heavy (non-hydrogen) atoms. The number of hydrogen-bond donors (Lipinski definition) is 2. The van der Waals surface area contributed by atoms with E-state index < -0.39 is 0 Å². The van der Waals surface area contributed by atoms with E-state index in [1.54, 1.807) is 18.2 Å². The van der Waals surface area contributed by atoms with Gasteiger partial charge in [-0.25, -0.2) is 4.39 Å². The number of aromatic nitrogens is 2. The molecule has 1 saturated heterocycles. The molecular formula is C20H27ClFN5O2. The van der Waals surface area contributed by atoms with E-state index in [0.29, 0.717) is 12.2 Å². The Kier molecular flexibility index (Phi) is 8.60. The van der Waals surface area contributed by atoms with Crippen molar-refractivity contribution in [2.45, 2.75) is 32.4 Å². The molecule has 2 amide bonds. The summed E-state index contributed by atoms with van der Waals surface area (Å²) in [5.41, 5.74) is 1.14. The van der Waals surface area contributed by atoms with Crippen molar-refractivity contribution in [3.8, 4) is 0 Å². The number of rotatable bonds is 7. The SMILES string of the molecule is CCN(CC(=O)NCc1ccc(F)cc1)C(=O)c1ccn(C2CCCNC2)n1.Cl. The monoisotopic (exact) mass is 423 g/mol. The molecule has 1 fully saturated rings. The lowest BCUT2D eigenvalue weighted by atomic mass is 10.1. The summed E-state index contributed by atoms with van der Waals surface area (Å²) in [5, 5.41) is 10.5. The predicted molar refractivity (Wildman–Crippen MR) is 110 cm³/mol. The van der Waals surface area contributed by atoms with Gasteiger partial charge in [-0.2, -0.15) is 5.10 Å². The van der Waals surface area contributed by atoms with Gasteiger partial charge >= 0.3 is 0 Å². The first-order chi connectivity index (χ1) is 13.6. The lowest BCUT2D eigenvalue weighted by Gasteiger charge is -2.23. The third-order valence-corrected chi connectivity index (χ3v) is 4.88. The fourth-order valence-electron chi connectivity index (χ4n) is 3.24. The van der Waals surface area contributed by atoms with E-state index in [4.69, 9.17) is 0 Å². The number of amides is 2. The topological polar surface area (TPSA) is 79.3 Å². The van der Waals surface area contributed by atoms with Gasteiger partial charge in [0, 0.05) is 25.8 Å². The first kappa shape index (κ1) is 22.8. The Bertz CT molecular complexity index is 805. The summed E-state index contributed by atoms with van der Waals surface area (Å²) in [6.07, 6.45) is 3.95. The van der Waals surface area contributed by atoms with E-state index in [9.17, 15) is 14.0 Å². The summed E-state index contributed by atoms with van der Waals surface area (Å²) in [7, 11) is 0. The van der Waals surface area contributed by atoms with Crippen LogP contribution in [0.1, 0.15) is 41.9 Å². The van der Waals surface area contributed by atoms with Gasteiger partial charge in [0.25, 0.3) is 5.91 Å². The number of nitrogens with one attached hydrogen (secondary N) is 2. The summed E-state index contributed by atoms with van der Waals surface area (Å²) in [5.74, 6) is -0.848. The van der Waals surface area contributed by atoms with Crippen LogP contribution in [0.25, 0.3) is 0 Å². The standard InChI is InChI=1S/C20H26FN5O2.ClH/c1-2-25(14-19(27)23-12-15-5-7-16(21)8-6-15)20(28)18-9-11-26(24-18)17-4-3-10-22-13-17;/h5-9,11,17,22H,2-4,10,12-14H2,1H3,(H,23,27);1H. The van der Waals surface area contributed by atoms with Crippen LogP contribution in [0.2, 0.25) is 0 Å². The van der Waals surface area contributed by atoms with E-state index in [-0.39, 0.29) is 49.2 Å². The van der Waals surface area contributed by atoms with Crippen molar-refractivity contribution in [3.63, 3.8) is 0 Å². The molecule has 1 aliphatic heterocycles. The molecule has 3 rings (SSSR count). The molecule has 1 aliphatic rings. The Hall–Kier alpha value is -2.45. The summed E-state index contributed by atoms with van der Waals surface area (Å²) in [6, 6.07) is 7.89. The zero-order valence-electron chi connectivity index (χ0n) is 16.4. The number of hydrogen-bond acceptors (Lipinski definition) is 4. The van der Waals surface area contributed by atoms with Crippen molar-refractivity contribution in [2.24, 2.45) is 0 Å². The average Bonchev–Trinajstić information content (AvgIpc) is 3.22. The molecule has 2 N–H and O–H groups in total. The first-order valence-electron chi connectivity index (χ1n) is 9.63. The Morgan fingerprint density at radius 2 is 2.07 bits per heavy atom. The number of carbonyl (C=O) groups excluding carboxylic acids is 2. The molecule has 1 unspecified atom stereocenters. The van der Waals surface area contributed by atoms with Gasteiger partial charge in [-0.15, -0.1) is 12.4 Å². The second kappa shape index (κ2) is 10.9. The number of nitrogens with zero attached hydrogens (tertiary/aromatic N) is 3. The maximum Gasteiger partial charge on any atom is 0.274 e. The van der Waals surface area contributed by atoms with Gasteiger partial charge in [-0.3, -0.25) is 14.3 Å². The summed E-state index contributed by atoms with van der Waals surface area (Å²) >= 11 is 0. The second-order valence-corrected chi connectivity index (χ2v) is 6.90. The quantitative estimate of drug-likeness (QED) is 0.715. The van der Waals surface area contributed by atoms with E-state index in [0.717, 1.165) is 31.5 Å². The van der Waals surface area contributed by atoms with Gasteiger partial charge in [-0.05, 0) is 50.1 Å². The molecule has 1 aromatic carbocycles. The highest BCUT2D eigenvalue weighted by Crippen LogP contribution is 2.16. The lowest BCUT2D eigenvalue weighted by molar-refractivity contribution is -0.121. The van der Waals surface area contributed by atoms with Crippen LogP contribution in [0, 0.1) is 5.82 Å². The highest BCUT2D eigenvalue weighted by molar-refractivity contribution is 5.94. The highest BCUT2D eigenvalue weighted by atomic mass is 35.5. The molecule has 2 heterocycles. The van der Waals surface area contributed by atoms with Gasteiger partial charge < -0.3 is 15.5 Å². The minimum absolute atomic E-state index is 0. The predicted octanol–water partition coefficient (Wildman–Crippen LogP) is 2.15. The van der Waals surface area contributed by atoms with Crippen molar-refractivity contribution in [1.82, 2.24) is 25.3 Å². The Morgan fingerprint density at radius 3 is 2.72 bits per heavy atom. The van der Waals surface area contributed by atoms with Crippen LogP contribution in [0.5, 0.6) is 0 Å². The second-order valence-electron chi connectivity index (χ2n) is 6.90. The number of carbonyl (C=O) groups is 2. The average molecular weight is 424 g/mol. The Morgan fingerprint density at radius 1 is 1.31 bits per heavy atom. The Labute approximate surface area is 176 Å². The van der Waals surface area contributed by atoms with Gasteiger partial charge in [-0.1, -0.05) is 12.1 Å².